The van der Waals surface area contributed by atoms with Gasteiger partial charge in [-0.25, -0.2) is 13.4 Å². The number of hydrogen-bond donors (Lipinski definition) is 0. The van der Waals surface area contributed by atoms with E-state index in [0.29, 0.717) is 32.7 Å². The van der Waals surface area contributed by atoms with Gasteiger partial charge in [0.2, 0.25) is 10.0 Å². The minimum atomic E-state index is -3.78. The molecule has 0 spiro atoms. The normalized spacial score (nSPS) is 13.2. The molecule has 0 bridgehead atoms. The fourth-order valence-electron chi connectivity index (χ4n) is 4.08. The van der Waals surface area contributed by atoms with Gasteiger partial charge in [0.05, 0.1) is 21.8 Å². The van der Waals surface area contributed by atoms with Gasteiger partial charge in [-0.05, 0) is 51.0 Å². The largest absolute Gasteiger partial charge is 0.298 e. The van der Waals surface area contributed by atoms with Crippen molar-refractivity contribution in [2.45, 2.75) is 45.6 Å². The lowest BCUT2D eigenvalue weighted by atomic mass is 10.1. The summed E-state index contributed by atoms with van der Waals surface area (Å²) in [5.41, 5.74) is 2.83. The van der Waals surface area contributed by atoms with Crippen LogP contribution in [0, 0.1) is 20.8 Å². The molecule has 0 N–H and O–H groups in total. The van der Waals surface area contributed by atoms with Crippen LogP contribution in [-0.2, 0) is 17.1 Å². The van der Waals surface area contributed by atoms with Gasteiger partial charge in [-0.2, -0.15) is 4.31 Å². The van der Waals surface area contributed by atoms with Gasteiger partial charge in [0.25, 0.3) is 5.56 Å². The van der Waals surface area contributed by atoms with Gasteiger partial charge in [0.1, 0.15) is 5.82 Å². The van der Waals surface area contributed by atoms with E-state index in [4.69, 9.17) is 0 Å². The SMILES string of the molecule is CCN(C(C)c1nc2ccccc2c(=O)n1C)S(=O)(=O)c1c(C)cc(C)cc1C. The Morgan fingerprint density at radius 2 is 1.69 bits per heavy atom. The van der Waals surface area contributed by atoms with Crippen molar-refractivity contribution in [3.63, 3.8) is 0 Å². The van der Waals surface area contributed by atoms with Gasteiger partial charge in [-0.1, -0.05) is 36.8 Å². The van der Waals surface area contributed by atoms with Crippen molar-refractivity contribution in [1.29, 1.82) is 0 Å². The van der Waals surface area contributed by atoms with Crippen LogP contribution in [0.1, 0.15) is 42.4 Å². The molecule has 1 heterocycles. The minimum absolute atomic E-state index is 0.186. The molecule has 3 rings (SSSR count). The maximum atomic E-state index is 13.6. The molecule has 29 heavy (non-hydrogen) atoms. The Labute approximate surface area is 171 Å². The third-order valence-electron chi connectivity index (χ3n) is 5.31. The molecule has 3 aromatic rings. The summed E-state index contributed by atoms with van der Waals surface area (Å²) in [6.45, 7) is 9.41. The van der Waals surface area contributed by atoms with Crippen molar-refractivity contribution >= 4 is 20.9 Å². The summed E-state index contributed by atoms with van der Waals surface area (Å²) in [5.74, 6) is 0.418. The summed E-state index contributed by atoms with van der Waals surface area (Å²) < 4.78 is 30.1. The van der Waals surface area contributed by atoms with Crippen molar-refractivity contribution in [3.8, 4) is 0 Å². The molecule has 0 radical (unpaired) electrons. The standard InChI is InChI=1S/C22H27N3O3S/c1-7-25(29(27,28)20-15(3)12-14(2)13-16(20)4)17(5)21-23-19-11-9-8-10-18(19)22(26)24(21)6/h8-13,17H,7H2,1-6H3. The number of rotatable bonds is 5. The molecule has 6 nitrogen and oxygen atoms in total. The molecule has 0 amide bonds. The van der Waals surface area contributed by atoms with Gasteiger partial charge < -0.3 is 0 Å². The van der Waals surface area contributed by atoms with Gasteiger partial charge in [-0.15, -0.1) is 0 Å². The van der Waals surface area contributed by atoms with Crippen LogP contribution < -0.4 is 5.56 Å². The second-order valence-corrected chi connectivity index (χ2v) is 9.29. The van der Waals surface area contributed by atoms with Gasteiger partial charge in [0.15, 0.2) is 0 Å². The summed E-state index contributed by atoms with van der Waals surface area (Å²) in [5, 5.41) is 0.516. The third kappa shape index (κ3) is 3.60. The number of para-hydroxylation sites is 1. The Bertz CT molecular complexity index is 1220. The summed E-state index contributed by atoms with van der Waals surface area (Å²) in [6.07, 6.45) is 0. The molecule has 0 fully saturated rings. The van der Waals surface area contributed by atoms with E-state index < -0.39 is 16.1 Å². The average Bonchev–Trinajstić information content (AvgIpc) is 2.63. The number of hydrogen-bond acceptors (Lipinski definition) is 4. The van der Waals surface area contributed by atoms with Crippen molar-refractivity contribution in [3.05, 3.63) is 69.3 Å². The molecular formula is C22H27N3O3S. The highest BCUT2D eigenvalue weighted by Crippen LogP contribution is 2.30. The van der Waals surface area contributed by atoms with E-state index >= 15 is 0 Å². The van der Waals surface area contributed by atoms with Crippen LogP contribution in [0.5, 0.6) is 0 Å². The molecule has 1 unspecified atom stereocenters. The first-order chi connectivity index (χ1) is 13.6. The van der Waals surface area contributed by atoms with Crippen LogP contribution in [0.25, 0.3) is 10.9 Å². The quantitative estimate of drug-likeness (QED) is 0.640. The van der Waals surface area contributed by atoms with Crippen molar-refractivity contribution in [1.82, 2.24) is 13.9 Å². The van der Waals surface area contributed by atoms with E-state index in [9.17, 15) is 13.2 Å². The van der Waals surface area contributed by atoms with Crippen molar-refractivity contribution in [2.24, 2.45) is 7.05 Å². The molecule has 0 aliphatic heterocycles. The Hall–Kier alpha value is -2.51. The number of fused-ring (bicyclic) bond motifs is 1. The molecule has 0 aliphatic carbocycles. The lowest BCUT2D eigenvalue weighted by molar-refractivity contribution is 0.337. The summed E-state index contributed by atoms with van der Waals surface area (Å²) >= 11 is 0. The smallest absolute Gasteiger partial charge is 0.261 e. The van der Waals surface area contributed by atoms with Crippen LogP contribution in [0.3, 0.4) is 0 Å². The van der Waals surface area contributed by atoms with Gasteiger partial charge >= 0.3 is 0 Å². The number of sulfonamides is 1. The average molecular weight is 414 g/mol. The first kappa shape index (κ1) is 21.2. The highest BCUT2D eigenvalue weighted by Gasteiger charge is 2.33. The Morgan fingerprint density at radius 3 is 2.28 bits per heavy atom. The van der Waals surface area contributed by atoms with Crippen LogP contribution in [-0.4, -0.2) is 28.8 Å². The first-order valence-corrected chi connectivity index (χ1v) is 11.1. The number of nitrogens with zero attached hydrogens (tertiary/aromatic N) is 3. The maximum Gasteiger partial charge on any atom is 0.261 e. The Morgan fingerprint density at radius 1 is 1.10 bits per heavy atom. The van der Waals surface area contributed by atoms with Crippen LogP contribution in [0.4, 0.5) is 0 Å². The lowest BCUT2D eigenvalue weighted by Gasteiger charge is -2.29. The monoisotopic (exact) mass is 413 g/mol. The number of aryl methyl sites for hydroxylation is 3. The summed E-state index contributed by atoms with van der Waals surface area (Å²) in [7, 11) is -2.15. The van der Waals surface area contributed by atoms with E-state index in [1.165, 1.54) is 8.87 Å². The van der Waals surface area contributed by atoms with E-state index in [2.05, 4.69) is 4.98 Å². The van der Waals surface area contributed by atoms with E-state index in [-0.39, 0.29) is 12.1 Å². The molecule has 2 aromatic carbocycles. The molecular weight excluding hydrogens is 386 g/mol. The van der Waals surface area contributed by atoms with Gasteiger partial charge in [0, 0.05) is 13.6 Å². The minimum Gasteiger partial charge on any atom is -0.298 e. The Kier molecular flexibility index (Phi) is 5.65. The zero-order valence-corrected chi connectivity index (χ0v) is 18.5. The predicted octanol–water partition coefficient (Wildman–Crippen LogP) is 3.63. The molecule has 7 heteroatoms. The highest BCUT2D eigenvalue weighted by molar-refractivity contribution is 7.89. The topological polar surface area (TPSA) is 72.3 Å². The zero-order valence-electron chi connectivity index (χ0n) is 17.7. The van der Waals surface area contributed by atoms with E-state index in [1.807, 2.05) is 39.0 Å². The summed E-state index contributed by atoms with van der Waals surface area (Å²) in [6, 6.07) is 10.3. The third-order valence-corrected chi connectivity index (χ3v) is 7.66. The second-order valence-electron chi connectivity index (χ2n) is 7.46. The molecule has 154 valence electrons. The van der Waals surface area contributed by atoms with Crippen LogP contribution in [0.15, 0.2) is 46.1 Å². The fourth-order valence-corrected chi connectivity index (χ4v) is 6.10. The number of benzene rings is 2. The van der Waals surface area contributed by atoms with Crippen LogP contribution >= 0.6 is 0 Å². The Balaban J connectivity index is 2.18. The van der Waals surface area contributed by atoms with Crippen molar-refractivity contribution < 1.29 is 8.42 Å². The van der Waals surface area contributed by atoms with E-state index in [0.717, 1.165) is 5.56 Å². The zero-order chi connectivity index (χ0) is 21.5. The van der Waals surface area contributed by atoms with E-state index in [1.54, 1.807) is 39.1 Å². The molecule has 0 saturated carbocycles. The summed E-state index contributed by atoms with van der Waals surface area (Å²) in [4.78, 5) is 17.7. The maximum absolute atomic E-state index is 13.6. The van der Waals surface area contributed by atoms with Crippen molar-refractivity contribution in [2.75, 3.05) is 6.54 Å². The fraction of sp³-hybridized carbons (Fsp3) is 0.364. The molecule has 1 aromatic heterocycles. The highest BCUT2D eigenvalue weighted by atomic mass is 32.2. The number of aromatic nitrogens is 2. The lowest BCUT2D eigenvalue weighted by Crippen LogP contribution is -2.37. The molecule has 0 aliphatic rings. The van der Waals surface area contributed by atoms with Gasteiger partial charge in [-0.3, -0.25) is 9.36 Å². The second kappa shape index (κ2) is 7.72. The molecule has 1 atom stereocenters. The first-order valence-electron chi connectivity index (χ1n) is 9.65. The van der Waals surface area contributed by atoms with Crippen LogP contribution in [0.2, 0.25) is 0 Å². The molecule has 0 saturated heterocycles. The predicted molar refractivity (Wildman–Crippen MR) is 116 cm³/mol.